The molecule has 5 fully saturated rings. The van der Waals surface area contributed by atoms with Crippen molar-refractivity contribution in [2.24, 2.45) is 45.3 Å². The molecule has 8 nitrogen and oxygen atoms in total. The molecule has 2 saturated heterocycles. The van der Waals surface area contributed by atoms with Gasteiger partial charge in [0.2, 0.25) is 0 Å². The van der Waals surface area contributed by atoms with Crippen molar-refractivity contribution in [2.45, 2.75) is 142 Å². The number of aliphatic hydroxyl groups excluding tert-OH is 4. The molecular formula is C37H60O8. The second-order valence-corrected chi connectivity index (χ2v) is 17.0. The first-order valence-electron chi connectivity index (χ1n) is 17.6. The Balaban J connectivity index is 1.25. The summed E-state index contributed by atoms with van der Waals surface area (Å²) >= 11 is 0. The highest BCUT2D eigenvalue weighted by atomic mass is 16.7. The normalized spacial score (nSPS) is 51.2. The first kappa shape index (κ1) is 34.0. The lowest BCUT2D eigenvalue weighted by Gasteiger charge is -2.65. The average Bonchev–Trinajstić information content (AvgIpc) is 3.39. The Kier molecular flexibility index (Phi) is 8.81. The molecule has 15 atom stereocenters. The average molecular weight is 633 g/mol. The summed E-state index contributed by atoms with van der Waals surface area (Å²) in [6.45, 7) is 16.6. The molecule has 6 rings (SSSR count). The topological polar surface area (TPSA) is 118 Å². The largest absolute Gasteiger partial charge is 0.394 e. The highest BCUT2D eigenvalue weighted by molar-refractivity contribution is 5.33. The van der Waals surface area contributed by atoms with E-state index >= 15 is 0 Å². The third-order valence-corrected chi connectivity index (χ3v) is 14.6. The van der Waals surface area contributed by atoms with Gasteiger partial charge in [-0.25, -0.2) is 0 Å². The lowest BCUT2D eigenvalue weighted by atomic mass is 9.38. The summed E-state index contributed by atoms with van der Waals surface area (Å²) in [6, 6.07) is 0. The number of hydrogen-bond donors (Lipinski definition) is 4. The van der Waals surface area contributed by atoms with Crippen LogP contribution in [-0.2, 0) is 18.9 Å². The van der Waals surface area contributed by atoms with Crippen molar-refractivity contribution in [2.75, 3.05) is 20.3 Å². The molecule has 2 bridgehead atoms. The van der Waals surface area contributed by atoms with Crippen LogP contribution in [0.15, 0.2) is 23.8 Å². The van der Waals surface area contributed by atoms with Crippen molar-refractivity contribution in [3.05, 3.63) is 23.8 Å². The molecule has 6 aliphatic rings. The number of rotatable bonds is 8. The number of aliphatic hydroxyl groups is 4. The van der Waals surface area contributed by atoms with E-state index < -0.39 is 48.3 Å². The summed E-state index contributed by atoms with van der Waals surface area (Å²) in [6.07, 6.45) is 8.34. The summed E-state index contributed by atoms with van der Waals surface area (Å²) < 4.78 is 25.2. The van der Waals surface area contributed by atoms with Crippen LogP contribution in [0.25, 0.3) is 0 Å². The lowest BCUT2D eigenvalue weighted by Crippen LogP contribution is -2.66. The third-order valence-electron chi connectivity index (χ3n) is 14.6. The van der Waals surface area contributed by atoms with Gasteiger partial charge in [0.15, 0.2) is 6.29 Å². The Labute approximate surface area is 270 Å². The van der Waals surface area contributed by atoms with Gasteiger partial charge in [0.05, 0.1) is 31.0 Å². The summed E-state index contributed by atoms with van der Waals surface area (Å²) in [7, 11) is 1.84. The predicted molar refractivity (Wildman–Crippen MR) is 171 cm³/mol. The second kappa shape index (κ2) is 11.6. The highest BCUT2D eigenvalue weighted by Crippen LogP contribution is 2.77. The van der Waals surface area contributed by atoms with Crippen molar-refractivity contribution >= 4 is 0 Å². The van der Waals surface area contributed by atoms with Crippen LogP contribution < -0.4 is 0 Å². The summed E-state index contributed by atoms with van der Waals surface area (Å²) in [4.78, 5) is 0. The van der Waals surface area contributed by atoms with Gasteiger partial charge in [0.1, 0.15) is 24.4 Å². The number of ether oxygens (including phenoxy) is 4. The Morgan fingerprint density at radius 2 is 1.71 bits per heavy atom. The van der Waals surface area contributed by atoms with Crippen molar-refractivity contribution in [1.82, 2.24) is 0 Å². The van der Waals surface area contributed by atoms with E-state index in [1.54, 1.807) is 0 Å². The van der Waals surface area contributed by atoms with Gasteiger partial charge in [-0.05, 0) is 87.4 Å². The Bertz CT molecular complexity index is 1160. The molecule has 0 unspecified atom stereocenters. The molecule has 0 aromatic carbocycles. The lowest BCUT2D eigenvalue weighted by molar-refractivity contribution is -0.329. The zero-order valence-corrected chi connectivity index (χ0v) is 28.9. The molecule has 2 heterocycles. The molecule has 0 aromatic rings. The fourth-order valence-corrected chi connectivity index (χ4v) is 11.9. The molecule has 3 saturated carbocycles. The maximum Gasteiger partial charge on any atom is 0.186 e. The van der Waals surface area contributed by atoms with E-state index in [0.717, 1.165) is 25.9 Å². The van der Waals surface area contributed by atoms with E-state index in [0.29, 0.717) is 23.7 Å². The second-order valence-electron chi connectivity index (χ2n) is 17.0. The Morgan fingerprint density at radius 1 is 0.978 bits per heavy atom. The molecule has 2 aliphatic heterocycles. The van der Waals surface area contributed by atoms with Crippen LogP contribution in [0.1, 0.15) is 93.4 Å². The van der Waals surface area contributed by atoms with Gasteiger partial charge >= 0.3 is 0 Å². The van der Waals surface area contributed by atoms with E-state index in [4.69, 9.17) is 18.9 Å². The van der Waals surface area contributed by atoms with Crippen LogP contribution in [0.5, 0.6) is 0 Å². The quantitative estimate of drug-likeness (QED) is 0.283. The number of allylic oxidation sites excluding steroid dienone is 2. The fourth-order valence-electron chi connectivity index (χ4n) is 11.9. The van der Waals surface area contributed by atoms with Gasteiger partial charge in [-0.15, -0.1) is 0 Å². The fraction of sp³-hybridized carbons (Fsp3) is 0.892. The Morgan fingerprint density at radius 3 is 2.38 bits per heavy atom. The van der Waals surface area contributed by atoms with Crippen LogP contribution in [-0.4, -0.2) is 89.3 Å². The number of hydrogen-bond acceptors (Lipinski definition) is 8. The smallest absolute Gasteiger partial charge is 0.186 e. The van der Waals surface area contributed by atoms with Crippen LogP contribution in [0.4, 0.5) is 0 Å². The molecule has 256 valence electrons. The van der Waals surface area contributed by atoms with Gasteiger partial charge < -0.3 is 39.4 Å². The molecule has 4 N–H and O–H groups in total. The van der Waals surface area contributed by atoms with Gasteiger partial charge in [0.25, 0.3) is 0 Å². The van der Waals surface area contributed by atoms with E-state index in [9.17, 15) is 20.4 Å². The summed E-state index contributed by atoms with van der Waals surface area (Å²) in [5, 5.41) is 41.1. The van der Waals surface area contributed by atoms with Gasteiger partial charge in [-0.3, -0.25) is 0 Å². The van der Waals surface area contributed by atoms with Gasteiger partial charge in [-0.2, -0.15) is 0 Å². The van der Waals surface area contributed by atoms with Crippen LogP contribution in [0.2, 0.25) is 0 Å². The van der Waals surface area contributed by atoms with Crippen molar-refractivity contribution in [3.63, 3.8) is 0 Å². The minimum atomic E-state index is -1.46. The highest BCUT2D eigenvalue weighted by Gasteiger charge is 2.75. The number of fused-ring (bicyclic) bond motifs is 2. The van der Waals surface area contributed by atoms with Crippen LogP contribution >= 0.6 is 0 Å². The van der Waals surface area contributed by atoms with E-state index in [1.165, 1.54) is 31.3 Å². The van der Waals surface area contributed by atoms with Gasteiger partial charge in [0, 0.05) is 23.9 Å². The number of methoxy groups -OCH3 is 1. The van der Waals surface area contributed by atoms with E-state index in [2.05, 4.69) is 66.7 Å². The van der Waals surface area contributed by atoms with Crippen LogP contribution in [0, 0.1) is 45.3 Å². The first-order chi connectivity index (χ1) is 21.1. The molecule has 0 amide bonds. The minimum Gasteiger partial charge on any atom is -0.394 e. The monoisotopic (exact) mass is 632 g/mol. The maximum absolute atomic E-state index is 10.7. The van der Waals surface area contributed by atoms with Crippen molar-refractivity contribution in [1.29, 1.82) is 0 Å². The zero-order chi connectivity index (χ0) is 32.7. The third kappa shape index (κ3) is 4.74. The van der Waals surface area contributed by atoms with Gasteiger partial charge in [-0.1, -0.05) is 58.4 Å². The molecule has 45 heavy (non-hydrogen) atoms. The van der Waals surface area contributed by atoms with Crippen molar-refractivity contribution in [3.8, 4) is 0 Å². The molecule has 0 aromatic heterocycles. The summed E-state index contributed by atoms with van der Waals surface area (Å²) in [5.41, 5.74) is 0.902. The molecule has 0 radical (unpaired) electrons. The summed E-state index contributed by atoms with van der Waals surface area (Å²) in [5.74, 6) is 2.06. The standard InChI is InChI=1S/C37H60O8/c1-21(2)17-23(42-8)18-22(3)24-11-13-35(7)26-12-14-37-27(36(26,20-43-37)16-15-34(24,35)6)9-10-28(33(37,4)5)45-32-31(41)30(40)29(39)25(19-38)44-32/h12,14,17,22-32,38-41H,9-11,13,15-16,18-20H2,1-8H3/t22-,23-,24+,25-,26+,27+,28+,29-,30-,31-,32+,34-,35+,36+,37-/m1/s1. The molecule has 1 spiro atoms. The molecule has 8 heteroatoms. The Hall–Kier alpha value is -0.840. The minimum absolute atomic E-state index is 0.0869. The molecular weight excluding hydrogens is 572 g/mol. The first-order valence-corrected chi connectivity index (χ1v) is 17.6. The predicted octanol–water partition coefficient (Wildman–Crippen LogP) is 4.77. The zero-order valence-electron chi connectivity index (χ0n) is 28.9. The SMILES string of the molecule is CO[C@H](C=C(C)C)C[C@@H](C)[C@@H]1CC[C@@]2(C)[C@@H]3C=C[C@@]45OC[C@]3(CC[C@]12C)[C@@H]4CC[C@H](O[C@@H]1O[C@H](CO)[C@@H](O)[C@@H](O)[C@H]1O)C5(C)C. The van der Waals surface area contributed by atoms with E-state index in [1.807, 2.05) is 7.11 Å². The van der Waals surface area contributed by atoms with E-state index in [-0.39, 0.29) is 28.5 Å². The maximum atomic E-state index is 10.7. The van der Waals surface area contributed by atoms with Crippen molar-refractivity contribution < 1.29 is 39.4 Å². The van der Waals surface area contributed by atoms with Crippen LogP contribution in [0.3, 0.4) is 0 Å². The molecule has 4 aliphatic carbocycles.